The number of quaternary nitrogens is 1. The maximum Gasteiger partial charge on any atom is 0.253 e. The van der Waals surface area contributed by atoms with Crippen LogP contribution in [0.1, 0.15) is 6.42 Å². The monoisotopic (exact) mass is 235 g/mol. The molecular weight excluding hydrogens is 216 g/mol. The summed E-state index contributed by atoms with van der Waals surface area (Å²) < 4.78 is 0.792. The Morgan fingerprint density at radius 2 is 1.94 bits per heavy atom. The molecule has 4 heteroatoms. The lowest BCUT2D eigenvalue weighted by Crippen LogP contribution is -2.41. The highest BCUT2D eigenvalue weighted by Gasteiger charge is 2.35. The summed E-state index contributed by atoms with van der Waals surface area (Å²) in [4.78, 5) is 17.6. The molecule has 4 nitrogen and oxygen atoms in total. The number of benzene rings is 1. The van der Waals surface area contributed by atoms with Gasteiger partial charge in [0.25, 0.3) is 5.91 Å². The highest BCUT2D eigenvalue weighted by atomic mass is 16.7. The van der Waals surface area contributed by atoms with Crippen LogP contribution in [0.5, 0.6) is 0 Å². The van der Waals surface area contributed by atoms with Gasteiger partial charge in [0.05, 0.1) is 33.3 Å². The van der Waals surface area contributed by atoms with E-state index in [9.17, 15) is 4.79 Å². The van der Waals surface area contributed by atoms with E-state index in [4.69, 9.17) is 4.84 Å². The fourth-order valence-electron chi connectivity index (χ4n) is 2.00. The van der Waals surface area contributed by atoms with E-state index in [1.807, 2.05) is 30.3 Å². The van der Waals surface area contributed by atoms with Gasteiger partial charge in [-0.25, -0.2) is 0 Å². The van der Waals surface area contributed by atoms with Crippen molar-refractivity contribution in [1.29, 1.82) is 0 Å². The van der Waals surface area contributed by atoms with Gasteiger partial charge in [0, 0.05) is 0 Å². The molecule has 1 atom stereocenters. The molecule has 1 aliphatic heterocycles. The number of anilines is 1. The van der Waals surface area contributed by atoms with Crippen LogP contribution >= 0.6 is 0 Å². The number of carbonyl (C=O) groups is 1. The largest absolute Gasteiger partial charge is 0.329 e. The van der Waals surface area contributed by atoms with Gasteiger partial charge in [0.2, 0.25) is 0 Å². The summed E-state index contributed by atoms with van der Waals surface area (Å²) in [6.45, 7) is 0.828. The van der Waals surface area contributed by atoms with Crippen molar-refractivity contribution in [2.75, 3.05) is 32.8 Å². The SMILES string of the molecule is C[N+](C)(C)C[C@H]1CC(=O)N(c2ccccc2)O1. The third-order valence-corrected chi connectivity index (χ3v) is 2.63. The van der Waals surface area contributed by atoms with Crippen molar-refractivity contribution in [2.45, 2.75) is 12.5 Å². The van der Waals surface area contributed by atoms with Crippen molar-refractivity contribution in [3.63, 3.8) is 0 Å². The number of likely N-dealkylation sites (N-methyl/N-ethyl adjacent to an activating group) is 1. The average molecular weight is 235 g/mol. The fourth-order valence-corrected chi connectivity index (χ4v) is 2.00. The Labute approximate surface area is 102 Å². The molecule has 0 bridgehead atoms. The van der Waals surface area contributed by atoms with Crippen LogP contribution < -0.4 is 5.06 Å². The Morgan fingerprint density at radius 3 is 2.53 bits per heavy atom. The summed E-state index contributed by atoms with van der Waals surface area (Å²) in [5.41, 5.74) is 0.807. The zero-order valence-electron chi connectivity index (χ0n) is 10.6. The number of hydrogen-bond donors (Lipinski definition) is 0. The molecule has 1 aromatic rings. The van der Waals surface area contributed by atoms with Crippen LogP contribution in [-0.2, 0) is 9.63 Å². The molecule has 17 heavy (non-hydrogen) atoms. The summed E-state index contributed by atoms with van der Waals surface area (Å²) in [5.74, 6) is 0.0367. The van der Waals surface area contributed by atoms with Crippen LogP contribution in [0.2, 0.25) is 0 Å². The first-order valence-electron chi connectivity index (χ1n) is 5.81. The molecule has 1 fully saturated rings. The Morgan fingerprint density at radius 1 is 1.29 bits per heavy atom. The predicted octanol–water partition coefficient (Wildman–Crippen LogP) is 1.43. The zero-order chi connectivity index (χ0) is 12.5. The number of carbonyl (C=O) groups excluding carboxylic acids is 1. The highest BCUT2D eigenvalue weighted by molar-refractivity contribution is 5.93. The molecule has 92 valence electrons. The first-order valence-corrected chi connectivity index (χ1v) is 5.81. The van der Waals surface area contributed by atoms with Gasteiger partial charge in [0.15, 0.2) is 0 Å². The van der Waals surface area contributed by atoms with E-state index in [0.717, 1.165) is 16.7 Å². The molecule has 0 saturated carbocycles. The summed E-state index contributed by atoms with van der Waals surface area (Å²) in [5, 5.41) is 1.42. The summed E-state index contributed by atoms with van der Waals surface area (Å²) in [6.07, 6.45) is 0.437. The van der Waals surface area contributed by atoms with E-state index in [0.29, 0.717) is 6.42 Å². The first-order chi connectivity index (χ1) is 7.96. The first kappa shape index (κ1) is 12.1. The number of para-hydroxylation sites is 1. The van der Waals surface area contributed by atoms with Crippen LogP contribution in [0.15, 0.2) is 30.3 Å². The van der Waals surface area contributed by atoms with Crippen molar-refractivity contribution in [3.05, 3.63) is 30.3 Å². The third kappa shape index (κ3) is 3.05. The van der Waals surface area contributed by atoms with Gasteiger partial charge >= 0.3 is 0 Å². The van der Waals surface area contributed by atoms with E-state index >= 15 is 0 Å². The molecule has 0 unspecified atom stereocenters. The van der Waals surface area contributed by atoms with Crippen LogP contribution in [-0.4, -0.2) is 44.2 Å². The van der Waals surface area contributed by atoms with Gasteiger partial charge in [-0.1, -0.05) is 18.2 Å². The maximum atomic E-state index is 11.9. The molecule has 1 saturated heterocycles. The van der Waals surface area contributed by atoms with E-state index in [2.05, 4.69) is 21.1 Å². The van der Waals surface area contributed by atoms with Crippen LogP contribution in [0.4, 0.5) is 5.69 Å². The molecule has 1 aliphatic rings. The molecule has 0 radical (unpaired) electrons. The van der Waals surface area contributed by atoms with Gasteiger partial charge in [0.1, 0.15) is 12.6 Å². The van der Waals surface area contributed by atoms with Gasteiger partial charge in [-0.3, -0.25) is 9.63 Å². The van der Waals surface area contributed by atoms with Crippen molar-refractivity contribution in [3.8, 4) is 0 Å². The van der Waals surface area contributed by atoms with Gasteiger partial charge in [-0.2, -0.15) is 5.06 Å². The lowest BCUT2D eigenvalue weighted by Gasteiger charge is -2.26. The van der Waals surface area contributed by atoms with Crippen molar-refractivity contribution < 1.29 is 14.1 Å². The maximum absolute atomic E-state index is 11.9. The molecule has 0 spiro atoms. The van der Waals surface area contributed by atoms with Crippen molar-refractivity contribution in [1.82, 2.24) is 0 Å². The molecule has 1 amide bonds. The Kier molecular flexibility index (Phi) is 3.17. The second-order valence-corrected chi connectivity index (χ2v) is 5.43. The number of rotatable bonds is 3. The number of amides is 1. The van der Waals surface area contributed by atoms with Gasteiger partial charge < -0.3 is 4.48 Å². The van der Waals surface area contributed by atoms with Crippen molar-refractivity contribution >= 4 is 11.6 Å². The molecule has 1 aromatic carbocycles. The second-order valence-electron chi connectivity index (χ2n) is 5.43. The molecule has 2 rings (SSSR count). The number of hydroxylamine groups is 1. The normalized spacial score (nSPS) is 21.0. The zero-order valence-corrected chi connectivity index (χ0v) is 10.6. The number of hydrogen-bond acceptors (Lipinski definition) is 2. The summed E-state index contributed by atoms with van der Waals surface area (Å²) in [7, 11) is 6.29. The van der Waals surface area contributed by atoms with Gasteiger partial charge in [-0.05, 0) is 12.1 Å². The Bertz CT molecular complexity index is 398. The molecular formula is C13H19N2O2+. The molecule has 0 aliphatic carbocycles. The molecule has 0 N–H and O–H groups in total. The predicted molar refractivity (Wildman–Crippen MR) is 66.3 cm³/mol. The smallest absolute Gasteiger partial charge is 0.253 e. The van der Waals surface area contributed by atoms with E-state index in [1.54, 1.807) is 0 Å². The van der Waals surface area contributed by atoms with E-state index in [1.165, 1.54) is 5.06 Å². The van der Waals surface area contributed by atoms with E-state index < -0.39 is 0 Å². The highest BCUT2D eigenvalue weighted by Crippen LogP contribution is 2.24. The minimum atomic E-state index is -0.0253. The lowest BCUT2D eigenvalue weighted by molar-refractivity contribution is -0.873. The standard InChI is InChI=1S/C13H19N2O2/c1-15(2,3)10-12-9-13(16)14(17-12)11-7-5-4-6-8-11/h4-8,12H,9-10H2,1-3H3/q+1/t12-/m1/s1. The minimum absolute atomic E-state index is 0.0253. The minimum Gasteiger partial charge on any atom is -0.329 e. The second kappa shape index (κ2) is 4.47. The quantitative estimate of drug-likeness (QED) is 0.742. The van der Waals surface area contributed by atoms with Gasteiger partial charge in [-0.15, -0.1) is 0 Å². The Hall–Kier alpha value is -1.39. The number of nitrogens with zero attached hydrogens (tertiary/aromatic N) is 2. The third-order valence-electron chi connectivity index (χ3n) is 2.63. The van der Waals surface area contributed by atoms with Crippen LogP contribution in [0.3, 0.4) is 0 Å². The molecule has 1 heterocycles. The van der Waals surface area contributed by atoms with Crippen molar-refractivity contribution in [2.24, 2.45) is 0 Å². The Balaban J connectivity index is 2.06. The average Bonchev–Trinajstić information content (AvgIpc) is 2.58. The van der Waals surface area contributed by atoms with Crippen LogP contribution in [0, 0.1) is 0 Å². The van der Waals surface area contributed by atoms with Crippen LogP contribution in [0.25, 0.3) is 0 Å². The fraction of sp³-hybridized carbons (Fsp3) is 0.462. The lowest BCUT2D eigenvalue weighted by atomic mass is 10.2. The summed E-state index contributed by atoms with van der Waals surface area (Å²) in [6, 6.07) is 9.49. The topological polar surface area (TPSA) is 29.5 Å². The molecule has 0 aromatic heterocycles. The summed E-state index contributed by atoms with van der Waals surface area (Å²) >= 11 is 0. The van der Waals surface area contributed by atoms with E-state index in [-0.39, 0.29) is 12.0 Å².